The molecule has 0 saturated heterocycles. The van der Waals surface area contributed by atoms with Crippen LogP contribution in [0.1, 0.15) is 8.22 Å². The van der Waals surface area contributed by atoms with Gasteiger partial charge >= 0.3 is 0 Å². The predicted molar refractivity (Wildman–Crippen MR) is 166 cm³/mol. The van der Waals surface area contributed by atoms with Crippen LogP contribution in [0.25, 0.3) is 75.5 Å². The van der Waals surface area contributed by atoms with Crippen molar-refractivity contribution in [3.8, 4) is 32.1 Å². The number of thiophene rings is 1. The molecule has 3 aromatic heterocycles. The number of benzene rings is 5. The maximum absolute atomic E-state index is 9.26. The molecule has 3 heterocycles. The predicted octanol–water partition coefficient (Wildman–Crippen LogP) is 10.2. The highest BCUT2D eigenvalue weighted by Crippen LogP contribution is 2.42. The third-order valence-corrected chi connectivity index (χ3v) is 8.23. The fourth-order valence-electron chi connectivity index (χ4n) is 5.23. The van der Waals surface area contributed by atoms with Crippen molar-refractivity contribution >= 4 is 54.7 Å². The summed E-state index contributed by atoms with van der Waals surface area (Å²) in [7, 11) is 0. The molecule has 0 aliphatic carbocycles. The summed E-state index contributed by atoms with van der Waals surface area (Å²) < 4.78 is 53.6. The number of hydrogen-bond donors (Lipinski definition) is 0. The lowest BCUT2D eigenvalue weighted by molar-refractivity contribution is 1.37. The average molecular weight is 521 g/mol. The molecule has 2 nitrogen and oxygen atoms in total. The van der Waals surface area contributed by atoms with E-state index in [0.717, 1.165) is 32.0 Å². The monoisotopic (exact) mass is 520 g/mol. The van der Waals surface area contributed by atoms with Crippen LogP contribution in [0.4, 0.5) is 0 Å². The molecule has 0 N–H and O–H groups in total. The Bertz CT molecular complexity index is 2520. The Morgan fingerprint density at radius 2 is 1.21 bits per heavy atom. The molecule has 0 amide bonds. The molecule has 8 aromatic rings. The molecule has 5 aromatic carbocycles. The normalized spacial score (nSPS) is 13.7. The Kier molecular flexibility index (Phi) is 3.84. The molecule has 0 aliphatic heterocycles. The van der Waals surface area contributed by atoms with Gasteiger partial charge in [0.2, 0.25) is 0 Å². The number of rotatable bonds is 3. The molecule has 8 rings (SSSR count). The first-order valence-corrected chi connectivity index (χ1v) is 13.4. The second-order valence-corrected chi connectivity index (χ2v) is 10.4. The van der Waals surface area contributed by atoms with Crippen molar-refractivity contribution in [1.29, 1.82) is 0 Å². The highest BCUT2D eigenvalue weighted by atomic mass is 32.1. The Labute approximate surface area is 238 Å². The molecule has 0 unspecified atom stereocenters. The molecular formula is C36H22N2S. The van der Waals surface area contributed by atoms with E-state index < -0.39 is 6.04 Å². The number of aromatic nitrogens is 2. The highest BCUT2D eigenvalue weighted by Gasteiger charge is 2.14. The SMILES string of the molecule is [2H]c1c([2H])c([2H])c2c(-c3ccc(-c4cccc5ccccc45)s3)c([2H])c([2H])c(-c3ccc4ccc5cccnc5c4n3)c2c1[2H]. The summed E-state index contributed by atoms with van der Waals surface area (Å²) in [6, 6.07) is 27.9. The van der Waals surface area contributed by atoms with E-state index in [9.17, 15) is 2.74 Å². The summed E-state index contributed by atoms with van der Waals surface area (Å²) in [5, 5.41) is 4.34. The van der Waals surface area contributed by atoms with Gasteiger partial charge in [-0.3, -0.25) is 4.98 Å². The van der Waals surface area contributed by atoms with Crippen LogP contribution in [0.15, 0.2) is 133 Å². The van der Waals surface area contributed by atoms with Crippen molar-refractivity contribution in [2.75, 3.05) is 0 Å². The summed E-state index contributed by atoms with van der Waals surface area (Å²) in [6.45, 7) is 0. The second-order valence-electron chi connectivity index (χ2n) is 9.35. The van der Waals surface area contributed by atoms with E-state index in [-0.39, 0.29) is 46.5 Å². The van der Waals surface area contributed by atoms with E-state index in [1.165, 1.54) is 11.3 Å². The maximum atomic E-state index is 9.26. The van der Waals surface area contributed by atoms with Gasteiger partial charge in [-0.1, -0.05) is 103 Å². The first-order chi connectivity index (χ1) is 21.8. The molecule has 0 saturated carbocycles. The Morgan fingerprint density at radius 3 is 2.10 bits per heavy atom. The summed E-state index contributed by atoms with van der Waals surface area (Å²) in [5.74, 6) is 0. The number of fused-ring (bicyclic) bond motifs is 5. The van der Waals surface area contributed by atoms with Crippen LogP contribution in [0.3, 0.4) is 0 Å². The van der Waals surface area contributed by atoms with Crippen LogP contribution >= 0.6 is 11.3 Å². The zero-order valence-electron chi connectivity index (χ0n) is 26.5. The van der Waals surface area contributed by atoms with Gasteiger partial charge in [0.15, 0.2) is 0 Å². The molecule has 0 atom stereocenters. The minimum atomic E-state index is -0.396. The van der Waals surface area contributed by atoms with Crippen LogP contribution in [-0.2, 0) is 0 Å². The van der Waals surface area contributed by atoms with E-state index in [2.05, 4.69) is 23.2 Å². The van der Waals surface area contributed by atoms with Crippen LogP contribution in [0.2, 0.25) is 0 Å². The fraction of sp³-hybridized carbons (Fsp3) is 0. The number of pyridine rings is 2. The minimum Gasteiger partial charge on any atom is -0.254 e. The van der Waals surface area contributed by atoms with Gasteiger partial charge in [-0.15, -0.1) is 11.3 Å². The molecule has 0 bridgehead atoms. The number of hydrogen-bond acceptors (Lipinski definition) is 3. The average Bonchev–Trinajstić information content (AvgIpc) is 3.56. The van der Waals surface area contributed by atoms with Gasteiger partial charge in [0.05, 0.1) is 25.0 Å². The minimum absolute atomic E-state index is 0.119. The third-order valence-electron chi connectivity index (χ3n) is 7.10. The van der Waals surface area contributed by atoms with Crippen LogP contribution in [0.5, 0.6) is 0 Å². The van der Waals surface area contributed by atoms with Crippen molar-refractivity contribution in [3.05, 3.63) is 133 Å². The van der Waals surface area contributed by atoms with Gasteiger partial charge in [-0.2, -0.15) is 0 Å². The molecule has 0 fully saturated rings. The largest absolute Gasteiger partial charge is 0.254 e. The summed E-state index contributed by atoms with van der Waals surface area (Å²) >= 11 is 1.44. The van der Waals surface area contributed by atoms with Crippen LogP contribution in [-0.4, -0.2) is 9.97 Å². The Morgan fingerprint density at radius 1 is 0.513 bits per heavy atom. The van der Waals surface area contributed by atoms with Gasteiger partial charge in [0.25, 0.3) is 0 Å². The van der Waals surface area contributed by atoms with Gasteiger partial charge in [0, 0.05) is 32.3 Å². The second kappa shape index (κ2) is 8.87. The van der Waals surface area contributed by atoms with Gasteiger partial charge < -0.3 is 0 Å². The smallest absolute Gasteiger partial charge is 0.0972 e. The Hall–Kier alpha value is -4.86. The lowest BCUT2D eigenvalue weighted by atomic mass is 9.96. The lowest BCUT2D eigenvalue weighted by Gasteiger charge is -2.12. The van der Waals surface area contributed by atoms with Crippen molar-refractivity contribution in [3.63, 3.8) is 0 Å². The van der Waals surface area contributed by atoms with E-state index in [1.54, 1.807) is 12.3 Å². The quantitative estimate of drug-likeness (QED) is 0.217. The van der Waals surface area contributed by atoms with Crippen LogP contribution in [0, 0.1) is 0 Å². The molecule has 39 heavy (non-hydrogen) atoms. The summed E-state index contributed by atoms with van der Waals surface area (Å²) in [4.78, 5) is 11.1. The first-order valence-electron chi connectivity index (χ1n) is 15.6. The van der Waals surface area contributed by atoms with Gasteiger partial charge in [-0.05, 0) is 56.9 Å². The Balaban J connectivity index is 1.43. The molecule has 0 spiro atoms. The van der Waals surface area contributed by atoms with Crippen molar-refractivity contribution in [1.82, 2.24) is 9.97 Å². The molecular weight excluding hydrogens is 492 g/mol. The first kappa shape index (κ1) is 16.9. The van der Waals surface area contributed by atoms with Gasteiger partial charge in [-0.25, -0.2) is 4.98 Å². The lowest BCUT2D eigenvalue weighted by Crippen LogP contribution is -1.90. The van der Waals surface area contributed by atoms with Gasteiger partial charge in [0.1, 0.15) is 0 Å². The maximum Gasteiger partial charge on any atom is 0.0972 e. The zero-order valence-corrected chi connectivity index (χ0v) is 21.4. The van der Waals surface area contributed by atoms with Crippen LogP contribution < -0.4 is 0 Å². The summed E-state index contributed by atoms with van der Waals surface area (Å²) in [5.41, 5.74) is 3.21. The molecule has 3 heteroatoms. The standard InChI is InChI=1S/C36H22N2S/c1-2-10-26-23(7-1)8-5-13-30(26)33-20-21-34(39-33)31-18-17-29(27-11-3-4-12-28(27)31)32-19-16-25-15-14-24-9-6-22-37-35(24)36(25)38-32/h1-22H/i3D,4D,11D,12D,17D,18D. The topological polar surface area (TPSA) is 25.8 Å². The van der Waals surface area contributed by atoms with Crippen molar-refractivity contribution < 1.29 is 8.22 Å². The van der Waals surface area contributed by atoms with E-state index in [1.807, 2.05) is 66.7 Å². The fourth-order valence-corrected chi connectivity index (χ4v) is 6.29. The van der Waals surface area contributed by atoms with Crippen molar-refractivity contribution in [2.45, 2.75) is 0 Å². The van der Waals surface area contributed by atoms with E-state index in [0.29, 0.717) is 27.2 Å². The molecule has 182 valence electrons. The molecule has 0 aliphatic rings. The number of nitrogens with zero attached hydrogens (tertiary/aromatic N) is 2. The highest BCUT2D eigenvalue weighted by molar-refractivity contribution is 7.19. The summed E-state index contributed by atoms with van der Waals surface area (Å²) in [6.07, 6.45) is 1.70. The van der Waals surface area contributed by atoms with Crippen molar-refractivity contribution in [2.24, 2.45) is 0 Å². The van der Waals surface area contributed by atoms with E-state index >= 15 is 0 Å². The molecule has 0 radical (unpaired) electrons. The van der Waals surface area contributed by atoms with E-state index in [4.69, 9.17) is 10.5 Å². The zero-order chi connectivity index (χ0) is 31.0. The third kappa shape index (κ3) is 3.63.